The normalized spacial score (nSPS) is 15.9. The van der Waals surface area contributed by atoms with Crippen LogP contribution in [0.5, 0.6) is 5.75 Å². The number of para-hydroxylation sites is 1. The van der Waals surface area contributed by atoms with Crippen LogP contribution in [0.4, 0.5) is 0 Å². The van der Waals surface area contributed by atoms with Gasteiger partial charge < -0.3 is 4.74 Å². The fourth-order valence-corrected chi connectivity index (χ4v) is 1.96. The summed E-state index contributed by atoms with van der Waals surface area (Å²) < 4.78 is 5.61. The van der Waals surface area contributed by atoms with Crippen LogP contribution in [-0.2, 0) is 0 Å². The van der Waals surface area contributed by atoms with Gasteiger partial charge in [0.2, 0.25) is 0 Å². The van der Waals surface area contributed by atoms with Crippen LogP contribution in [0.1, 0.15) is 11.1 Å². The number of benzene rings is 2. The molecule has 0 amide bonds. The van der Waals surface area contributed by atoms with E-state index in [1.807, 2.05) is 36.4 Å². The van der Waals surface area contributed by atoms with Gasteiger partial charge in [0, 0.05) is 11.1 Å². The number of ether oxygens (including phenoxy) is 1. The van der Waals surface area contributed by atoms with E-state index in [0.29, 0.717) is 6.61 Å². The molecule has 0 aromatic heterocycles. The molecule has 0 radical (unpaired) electrons. The third-order valence-electron chi connectivity index (χ3n) is 2.76. The molecule has 16 heavy (non-hydrogen) atoms. The Labute approximate surface area is 95.0 Å². The molecule has 1 aliphatic rings. The van der Waals surface area contributed by atoms with Crippen LogP contribution in [0.15, 0.2) is 54.6 Å². The lowest BCUT2D eigenvalue weighted by atomic mass is 10.0. The van der Waals surface area contributed by atoms with Crippen molar-refractivity contribution < 1.29 is 4.74 Å². The summed E-state index contributed by atoms with van der Waals surface area (Å²) in [6, 6.07) is 18.5. The predicted molar refractivity (Wildman–Crippen MR) is 66.3 cm³/mol. The van der Waals surface area contributed by atoms with Crippen LogP contribution in [0.25, 0.3) is 11.6 Å². The maximum atomic E-state index is 5.61. The van der Waals surface area contributed by atoms with Crippen molar-refractivity contribution in [2.75, 3.05) is 6.61 Å². The number of rotatable bonds is 1. The van der Waals surface area contributed by atoms with Crippen LogP contribution >= 0.6 is 0 Å². The van der Waals surface area contributed by atoms with Gasteiger partial charge >= 0.3 is 0 Å². The molecule has 2 aromatic rings. The van der Waals surface area contributed by atoms with E-state index in [2.05, 4.69) is 24.3 Å². The van der Waals surface area contributed by atoms with Gasteiger partial charge in [-0.1, -0.05) is 48.5 Å². The van der Waals surface area contributed by atoms with Crippen LogP contribution < -0.4 is 4.74 Å². The van der Waals surface area contributed by atoms with Crippen LogP contribution in [0, 0.1) is 0 Å². The van der Waals surface area contributed by atoms with E-state index < -0.39 is 0 Å². The summed E-state index contributed by atoms with van der Waals surface area (Å²) in [5, 5.41) is 0. The fraction of sp³-hybridized carbons (Fsp3) is 0.0667. The minimum absolute atomic E-state index is 0.675. The molecule has 0 bridgehead atoms. The number of hydrogen-bond donors (Lipinski definition) is 0. The lowest BCUT2D eigenvalue weighted by Gasteiger charge is -1.97. The Morgan fingerprint density at radius 3 is 2.50 bits per heavy atom. The van der Waals surface area contributed by atoms with E-state index in [-0.39, 0.29) is 0 Å². The maximum absolute atomic E-state index is 5.61. The molecule has 1 heteroatoms. The van der Waals surface area contributed by atoms with Gasteiger partial charge in [-0.3, -0.25) is 0 Å². The Morgan fingerprint density at radius 2 is 1.62 bits per heavy atom. The van der Waals surface area contributed by atoms with Gasteiger partial charge in [0.1, 0.15) is 12.4 Å². The second kappa shape index (κ2) is 3.86. The Morgan fingerprint density at radius 1 is 0.875 bits per heavy atom. The first-order valence-electron chi connectivity index (χ1n) is 5.41. The van der Waals surface area contributed by atoms with E-state index in [1.54, 1.807) is 0 Å². The standard InChI is InChI=1S/C15H12O/c1-2-6-12(7-3-1)10-13-11-16-15-9-5-4-8-14(13)15/h1-10H,11H2/b13-10+. The molecule has 0 N–H and O–H groups in total. The Balaban J connectivity index is 2.02. The van der Waals surface area contributed by atoms with E-state index in [4.69, 9.17) is 4.74 Å². The number of hydrogen-bond acceptors (Lipinski definition) is 1. The van der Waals surface area contributed by atoms with Crippen molar-refractivity contribution in [3.63, 3.8) is 0 Å². The summed E-state index contributed by atoms with van der Waals surface area (Å²) in [5.41, 5.74) is 3.69. The zero-order chi connectivity index (χ0) is 10.8. The second-order valence-electron chi connectivity index (χ2n) is 3.87. The highest BCUT2D eigenvalue weighted by Gasteiger charge is 2.15. The third-order valence-corrected chi connectivity index (χ3v) is 2.76. The summed E-state index contributed by atoms with van der Waals surface area (Å²) in [6.07, 6.45) is 2.19. The zero-order valence-corrected chi connectivity index (χ0v) is 8.89. The molecule has 1 nitrogen and oxygen atoms in total. The molecule has 2 aromatic carbocycles. The van der Waals surface area contributed by atoms with E-state index >= 15 is 0 Å². The molecule has 3 rings (SSSR count). The van der Waals surface area contributed by atoms with Gasteiger partial charge in [-0.05, 0) is 17.7 Å². The Bertz CT molecular complexity index is 526. The quantitative estimate of drug-likeness (QED) is 0.695. The third kappa shape index (κ3) is 1.61. The lowest BCUT2D eigenvalue weighted by Crippen LogP contribution is -1.87. The first-order chi connectivity index (χ1) is 7.93. The van der Waals surface area contributed by atoms with E-state index in [1.165, 1.54) is 16.7 Å². The molecule has 0 fully saturated rings. The maximum Gasteiger partial charge on any atom is 0.127 e. The van der Waals surface area contributed by atoms with Crippen LogP contribution in [0.2, 0.25) is 0 Å². The summed E-state index contributed by atoms with van der Waals surface area (Å²) in [7, 11) is 0. The highest BCUT2D eigenvalue weighted by atomic mass is 16.5. The molecule has 78 valence electrons. The van der Waals surface area contributed by atoms with Crippen molar-refractivity contribution in [1.82, 2.24) is 0 Å². The van der Waals surface area contributed by atoms with E-state index in [0.717, 1.165) is 5.75 Å². The fourth-order valence-electron chi connectivity index (χ4n) is 1.96. The highest BCUT2D eigenvalue weighted by molar-refractivity contribution is 5.86. The van der Waals surface area contributed by atoms with Gasteiger partial charge in [-0.15, -0.1) is 0 Å². The summed E-state index contributed by atoms with van der Waals surface area (Å²) >= 11 is 0. The van der Waals surface area contributed by atoms with Crippen molar-refractivity contribution in [1.29, 1.82) is 0 Å². The average molecular weight is 208 g/mol. The Hall–Kier alpha value is -2.02. The molecular formula is C15H12O. The van der Waals surface area contributed by atoms with Crippen LogP contribution in [0.3, 0.4) is 0 Å². The Kier molecular flexibility index (Phi) is 2.22. The van der Waals surface area contributed by atoms with Gasteiger partial charge in [-0.2, -0.15) is 0 Å². The molecule has 0 saturated carbocycles. The van der Waals surface area contributed by atoms with Crippen molar-refractivity contribution in [3.8, 4) is 5.75 Å². The minimum Gasteiger partial charge on any atom is -0.488 e. The molecular weight excluding hydrogens is 196 g/mol. The highest BCUT2D eigenvalue weighted by Crippen LogP contribution is 2.33. The van der Waals surface area contributed by atoms with Crippen molar-refractivity contribution >= 4 is 11.6 Å². The van der Waals surface area contributed by atoms with Crippen LogP contribution in [-0.4, -0.2) is 6.61 Å². The SMILES string of the molecule is C(=C1/COc2ccccc21)/c1ccccc1. The minimum atomic E-state index is 0.675. The summed E-state index contributed by atoms with van der Waals surface area (Å²) in [5.74, 6) is 0.990. The summed E-state index contributed by atoms with van der Waals surface area (Å²) in [4.78, 5) is 0. The van der Waals surface area contributed by atoms with Crippen molar-refractivity contribution in [3.05, 3.63) is 65.7 Å². The molecule has 0 saturated heterocycles. The topological polar surface area (TPSA) is 9.23 Å². The van der Waals surface area contributed by atoms with E-state index in [9.17, 15) is 0 Å². The molecule has 1 heterocycles. The van der Waals surface area contributed by atoms with Gasteiger partial charge in [0.05, 0.1) is 0 Å². The smallest absolute Gasteiger partial charge is 0.127 e. The largest absolute Gasteiger partial charge is 0.488 e. The molecule has 0 unspecified atom stereocenters. The number of fused-ring (bicyclic) bond motifs is 1. The molecule has 0 spiro atoms. The molecule has 1 aliphatic heterocycles. The molecule has 0 aliphatic carbocycles. The lowest BCUT2D eigenvalue weighted by molar-refractivity contribution is 0.389. The van der Waals surface area contributed by atoms with Crippen molar-refractivity contribution in [2.45, 2.75) is 0 Å². The predicted octanol–water partition coefficient (Wildman–Crippen LogP) is 3.62. The first-order valence-corrected chi connectivity index (χ1v) is 5.41. The van der Waals surface area contributed by atoms with Gasteiger partial charge in [0.25, 0.3) is 0 Å². The monoisotopic (exact) mass is 208 g/mol. The van der Waals surface area contributed by atoms with Crippen molar-refractivity contribution in [2.24, 2.45) is 0 Å². The zero-order valence-electron chi connectivity index (χ0n) is 8.89. The first kappa shape index (κ1) is 9.22. The molecule has 0 atom stereocenters. The summed E-state index contributed by atoms with van der Waals surface area (Å²) in [6.45, 7) is 0.675. The average Bonchev–Trinajstić information content (AvgIpc) is 2.74. The second-order valence-corrected chi connectivity index (χ2v) is 3.87. The van der Waals surface area contributed by atoms with Gasteiger partial charge in [-0.25, -0.2) is 0 Å². The van der Waals surface area contributed by atoms with Gasteiger partial charge in [0.15, 0.2) is 0 Å².